The van der Waals surface area contributed by atoms with Gasteiger partial charge >= 0.3 is 6.18 Å². The van der Waals surface area contributed by atoms with Crippen LogP contribution in [0.1, 0.15) is 22.4 Å². The Balaban J connectivity index is 2.18. The molecule has 3 nitrogen and oxygen atoms in total. The fraction of sp³-hybridized carbons (Fsp3) is 0.357. The molecule has 1 aromatic carbocycles. The monoisotopic (exact) mass is 317 g/mol. The van der Waals surface area contributed by atoms with E-state index in [1.807, 2.05) is 0 Å². The molecule has 0 saturated carbocycles. The number of ether oxygens (including phenoxy) is 1. The van der Waals surface area contributed by atoms with E-state index in [1.54, 1.807) is 31.4 Å². The summed E-state index contributed by atoms with van der Waals surface area (Å²) in [6.45, 7) is 1.48. The average molecular weight is 317 g/mol. The summed E-state index contributed by atoms with van der Waals surface area (Å²) >= 11 is 0.463. The van der Waals surface area contributed by atoms with Crippen molar-refractivity contribution in [3.05, 3.63) is 45.9 Å². The molecule has 0 saturated heterocycles. The molecule has 1 unspecified atom stereocenters. The summed E-state index contributed by atoms with van der Waals surface area (Å²) in [5.41, 5.74) is -0.613. The molecule has 0 aliphatic rings. The van der Waals surface area contributed by atoms with Crippen molar-refractivity contribution in [2.75, 3.05) is 7.11 Å². The highest BCUT2D eigenvalue weighted by atomic mass is 32.1. The first kappa shape index (κ1) is 15.8. The van der Waals surface area contributed by atoms with Crippen molar-refractivity contribution >= 4 is 11.3 Å². The van der Waals surface area contributed by atoms with Gasteiger partial charge in [0.25, 0.3) is 0 Å². The number of hydrogen-bond acceptors (Lipinski definition) is 4. The Hall–Kier alpha value is -1.60. The van der Waals surface area contributed by atoms with E-state index in [4.69, 9.17) is 4.74 Å². The molecule has 2 aromatic rings. The average Bonchev–Trinajstić information content (AvgIpc) is 2.89. The molecule has 7 heteroatoms. The standard InChI is InChI=1S/C14H14F3NO2S/c1-13(19,7-9-3-5-10(20-2)6-4-9)11-8-18-12(21-11)14(15,16)17/h3-6,8,19H,7H2,1-2H3. The summed E-state index contributed by atoms with van der Waals surface area (Å²) in [6, 6.07) is 7.00. The van der Waals surface area contributed by atoms with Crippen LogP contribution in [0.5, 0.6) is 5.75 Å². The van der Waals surface area contributed by atoms with E-state index in [1.165, 1.54) is 6.92 Å². The summed E-state index contributed by atoms with van der Waals surface area (Å²) < 4.78 is 42.7. The van der Waals surface area contributed by atoms with Gasteiger partial charge in [-0.1, -0.05) is 12.1 Å². The number of rotatable bonds is 4. The SMILES string of the molecule is COc1ccc(CC(C)(O)c2cnc(C(F)(F)F)s2)cc1. The molecule has 0 radical (unpaired) electrons. The maximum atomic E-state index is 12.6. The molecule has 1 atom stereocenters. The van der Waals surface area contributed by atoms with Crippen LogP contribution in [0.3, 0.4) is 0 Å². The van der Waals surface area contributed by atoms with Gasteiger partial charge < -0.3 is 9.84 Å². The predicted molar refractivity (Wildman–Crippen MR) is 73.4 cm³/mol. The molecule has 0 bridgehead atoms. The minimum Gasteiger partial charge on any atom is -0.497 e. The molecule has 2 rings (SSSR count). The highest BCUT2D eigenvalue weighted by molar-refractivity contribution is 7.11. The van der Waals surface area contributed by atoms with Crippen LogP contribution in [-0.2, 0) is 18.2 Å². The second-order valence-corrected chi connectivity index (χ2v) is 5.86. The number of hydrogen-bond donors (Lipinski definition) is 1. The maximum absolute atomic E-state index is 12.6. The second kappa shape index (κ2) is 5.65. The highest BCUT2D eigenvalue weighted by Crippen LogP contribution is 2.37. The Kier molecular flexibility index (Phi) is 4.25. The molecule has 1 aromatic heterocycles. The topological polar surface area (TPSA) is 42.4 Å². The summed E-state index contributed by atoms with van der Waals surface area (Å²) in [6.07, 6.45) is -3.22. The summed E-state index contributed by atoms with van der Waals surface area (Å²) in [4.78, 5) is 3.52. The molecular weight excluding hydrogens is 303 g/mol. The number of benzene rings is 1. The van der Waals surface area contributed by atoms with E-state index in [2.05, 4.69) is 4.98 Å². The van der Waals surface area contributed by atoms with Crippen molar-refractivity contribution in [3.63, 3.8) is 0 Å². The molecule has 21 heavy (non-hydrogen) atoms. The van der Waals surface area contributed by atoms with Crippen LogP contribution in [0, 0.1) is 0 Å². The van der Waals surface area contributed by atoms with E-state index in [9.17, 15) is 18.3 Å². The zero-order valence-electron chi connectivity index (χ0n) is 11.4. The molecule has 114 valence electrons. The molecule has 0 spiro atoms. The van der Waals surface area contributed by atoms with Gasteiger partial charge in [0.05, 0.1) is 12.0 Å². The van der Waals surface area contributed by atoms with E-state index < -0.39 is 16.8 Å². The number of aromatic nitrogens is 1. The molecule has 0 aliphatic carbocycles. The van der Waals surface area contributed by atoms with Gasteiger partial charge in [0.2, 0.25) is 0 Å². The Bertz CT molecular complexity index is 605. The third kappa shape index (κ3) is 3.74. The van der Waals surface area contributed by atoms with Crippen LogP contribution < -0.4 is 4.74 Å². The van der Waals surface area contributed by atoms with Gasteiger partial charge in [0.15, 0.2) is 5.01 Å². The van der Waals surface area contributed by atoms with Crippen LogP contribution in [0.4, 0.5) is 13.2 Å². The number of halogens is 3. The van der Waals surface area contributed by atoms with Crippen molar-refractivity contribution < 1.29 is 23.0 Å². The lowest BCUT2D eigenvalue weighted by atomic mass is 9.95. The Morgan fingerprint density at radius 1 is 1.24 bits per heavy atom. The van der Waals surface area contributed by atoms with Gasteiger partial charge in [-0.25, -0.2) is 4.98 Å². The van der Waals surface area contributed by atoms with Crippen LogP contribution in [0.2, 0.25) is 0 Å². The molecule has 1 N–H and O–H groups in total. The fourth-order valence-electron chi connectivity index (χ4n) is 1.88. The van der Waals surface area contributed by atoms with E-state index >= 15 is 0 Å². The first-order chi connectivity index (χ1) is 9.72. The Morgan fingerprint density at radius 2 is 1.86 bits per heavy atom. The summed E-state index contributed by atoms with van der Waals surface area (Å²) in [5, 5.41) is 9.47. The van der Waals surface area contributed by atoms with Gasteiger partial charge in [-0.15, -0.1) is 11.3 Å². The summed E-state index contributed by atoms with van der Waals surface area (Å²) in [5.74, 6) is 0.676. The number of aliphatic hydroxyl groups is 1. The van der Waals surface area contributed by atoms with Crippen LogP contribution in [-0.4, -0.2) is 17.2 Å². The van der Waals surface area contributed by atoms with Crippen molar-refractivity contribution in [3.8, 4) is 5.75 Å². The normalized spacial score (nSPS) is 14.8. The Labute approximate surface area is 124 Å². The number of methoxy groups -OCH3 is 1. The van der Waals surface area contributed by atoms with E-state index in [0.717, 1.165) is 11.8 Å². The Morgan fingerprint density at radius 3 is 2.33 bits per heavy atom. The number of nitrogens with zero attached hydrogens (tertiary/aromatic N) is 1. The zero-order chi connectivity index (χ0) is 15.7. The first-order valence-electron chi connectivity index (χ1n) is 6.11. The van der Waals surface area contributed by atoms with Crippen LogP contribution in [0.15, 0.2) is 30.5 Å². The lowest BCUT2D eigenvalue weighted by Crippen LogP contribution is -2.22. The van der Waals surface area contributed by atoms with Crippen molar-refractivity contribution in [2.24, 2.45) is 0 Å². The lowest BCUT2D eigenvalue weighted by molar-refractivity contribution is -0.137. The largest absolute Gasteiger partial charge is 0.497 e. The number of alkyl halides is 3. The molecular formula is C14H14F3NO2S. The molecule has 0 fully saturated rings. The minimum absolute atomic E-state index is 0.186. The predicted octanol–water partition coefficient (Wildman–Crippen LogP) is 3.62. The van der Waals surface area contributed by atoms with Crippen LogP contribution in [0.25, 0.3) is 0 Å². The summed E-state index contributed by atoms with van der Waals surface area (Å²) in [7, 11) is 1.54. The lowest BCUT2D eigenvalue weighted by Gasteiger charge is -2.21. The van der Waals surface area contributed by atoms with Gasteiger partial charge in [0, 0.05) is 12.6 Å². The van der Waals surface area contributed by atoms with Crippen LogP contribution >= 0.6 is 11.3 Å². The third-order valence-electron chi connectivity index (χ3n) is 2.99. The number of thiazole rings is 1. The van der Waals surface area contributed by atoms with E-state index in [0.29, 0.717) is 17.1 Å². The zero-order valence-corrected chi connectivity index (χ0v) is 12.3. The highest BCUT2D eigenvalue weighted by Gasteiger charge is 2.37. The van der Waals surface area contributed by atoms with Gasteiger partial charge in [-0.2, -0.15) is 13.2 Å². The third-order valence-corrected chi connectivity index (χ3v) is 4.28. The van der Waals surface area contributed by atoms with Gasteiger partial charge in [-0.05, 0) is 24.6 Å². The first-order valence-corrected chi connectivity index (χ1v) is 6.93. The van der Waals surface area contributed by atoms with Gasteiger partial charge in [-0.3, -0.25) is 0 Å². The molecule has 1 heterocycles. The van der Waals surface area contributed by atoms with Crippen molar-refractivity contribution in [2.45, 2.75) is 25.1 Å². The second-order valence-electron chi connectivity index (χ2n) is 4.83. The minimum atomic E-state index is -4.49. The smallest absolute Gasteiger partial charge is 0.443 e. The van der Waals surface area contributed by atoms with Gasteiger partial charge in [0.1, 0.15) is 11.4 Å². The molecule has 0 aliphatic heterocycles. The maximum Gasteiger partial charge on any atom is 0.443 e. The van der Waals surface area contributed by atoms with Crippen molar-refractivity contribution in [1.82, 2.24) is 4.98 Å². The quantitative estimate of drug-likeness (QED) is 0.936. The van der Waals surface area contributed by atoms with E-state index in [-0.39, 0.29) is 11.3 Å². The fourth-order valence-corrected chi connectivity index (χ4v) is 2.71. The van der Waals surface area contributed by atoms with Crippen molar-refractivity contribution in [1.29, 1.82) is 0 Å². The molecule has 0 amide bonds.